The zero-order valence-electron chi connectivity index (χ0n) is 19.3. The number of aromatic amines is 1. The van der Waals surface area contributed by atoms with E-state index in [1.165, 1.54) is 0 Å². The maximum Gasteiger partial charge on any atom is 0.247 e. The van der Waals surface area contributed by atoms with Crippen LogP contribution in [0.2, 0.25) is 5.02 Å². The highest BCUT2D eigenvalue weighted by Gasteiger charge is 2.23. The first kappa shape index (κ1) is 23.6. The van der Waals surface area contributed by atoms with Gasteiger partial charge in [-0.25, -0.2) is 0 Å². The van der Waals surface area contributed by atoms with E-state index < -0.39 is 6.04 Å². The van der Waals surface area contributed by atoms with Crippen molar-refractivity contribution in [2.75, 3.05) is 5.32 Å². The third-order valence-corrected chi connectivity index (χ3v) is 6.29. The summed E-state index contributed by atoms with van der Waals surface area (Å²) >= 11 is 5.95. The topological polar surface area (TPSA) is 74.0 Å². The molecule has 1 aromatic heterocycles. The first-order valence-electron chi connectivity index (χ1n) is 11.4. The van der Waals surface area contributed by atoms with Crippen molar-refractivity contribution < 1.29 is 9.59 Å². The number of rotatable bonds is 8. The predicted octanol–water partition coefficient (Wildman–Crippen LogP) is 5.74. The number of halogens is 1. The van der Waals surface area contributed by atoms with Gasteiger partial charge in [0.05, 0.1) is 0 Å². The number of fused-ring (bicyclic) bond motifs is 1. The molecule has 4 aromatic rings. The van der Waals surface area contributed by atoms with Crippen molar-refractivity contribution >= 4 is 40.0 Å². The van der Waals surface area contributed by atoms with E-state index in [4.69, 9.17) is 11.6 Å². The van der Waals surface area contributed by atoms with E-state index in [0.29, 0.717) is 17.9 Å². The number of hydrogen-bond acceptors (Lipinski definition) is 2. The fourth-order valence-corrected chi connectivity index (χ4v) is 4.25. The third kappa shape index (κ3) is 5.67. The molecule has 174 valence electrons. The van der Waals surface area contributed by atoms with E-state index in [1.54, 1.807) is 0 Å². The monoisotopic (exact) mass is 473 g/mol. The Labute approximate surface area is 204 Å². The molecule has 0 saturated carbocycles. The van der Waals surface area contributed by atoms with Gasteiger partial charge in [-0.3, -0.25) is 9.59 Å². The molecule has 0 spiro atoms. The fraction of sp³-hybridized carbons (Fsp3) is 0.214. The number of hydrogen-bond donors (Lipinski definition) is 3. The SMILES string of the molecule is Cc1cccc(C)c1NC(=O)C(Cc1c[nH]c2ccccc12)NC(=O)CCc1ccc(Cl)cc1. The lowest BCUT2D eigenvalue weighted by Gasteiger charge is -2.20. The number of anilines is 1. The molecule has 2 amide bonds. The third-order valence-electron chi connectivity index (χ3n) is 6.03. The smallest absolute Gasteiger partial charge is 0.247 e. The largest absolute Gasteiger partial charge is 0.361 e. The van der Waals surface area contributed by atoms with Gasteiger partial charge in [0.15, 0.2) is 0 Å². The number of aromatic nitrogens is 1. The highest BCUT2D eigenvalue weighted by atomic mass is 35.5. The summed E-state index contributed by atoms with van der Waals surface area (Å²) in [7, 11) is 0. The second-order valence-electron chi connectivity index (χ2n) is 8.57. The molecular formula is C28H28ClN3O2. The van der Waals surface area contributed by atoms with E-state index in [1.807, 2.05) is 86.8 Å². The maximum absolute atomic E-state index is 13.4. The Bertz CT molecular complexity index is 1290. The van der Waals surface area contributed by atoms with Gasteiger partial charge in [0, 0.05) is 40.7 Å². The van der Waals surface area contributed by atoms with Crippen LogP contribution >= 0.6 is 11.6 Å². The normalized spacial score (nSPS) is 11.9. The molecule has 5 nitrogen and oxygen atoms in total. The average Bonchev–Trinajstić information content (AvgIpc) is 3.23. The van der Waals surface area contributed by atoms with Crippen molar-refractivity contribution in [2.45, 2.75) is 39.2 Å². The summed E-state index contributed by atoms with van der Waals surface area (Å²) < 4.78 is 0. The van der Waals surface area contributed by atoms with Crippen LogP contribution < -0.4 is 10.6 Å². The van der Waals surface area contributed by atoms with Gasteiger partial charge in [-0.2, -0.15) is 0 Å². The lowest BCUT2D eigenvalue weighted by atomic mass is 10.0. The number of para-hydroxylation sites is 2. The quantitative estimate of drug-likeness (QED) is 0.305. The molecule has 0 aliphatic rings. The molecule has 0 aliphatic heterocycles. The number of aryl methyl sites for hydroxylation is 3. The summed E-state index contributed by atoms with van der Waals surface area (Å²) in [5.74, 6) is -0.404. The van der Waals surface area contributed by atoms with Crippen molar-refractivity contribution in [3.05, 3.63) is 100 Å². The molecular weight excluding hydrogens is 446 g/mol. The molecule has 1 heterocycles. The fourth-order valence-electron chi connectivity index (χ4n) is 4.13. The van der Waals surface area contributed by atoms with Gasteiger partial charge >= 0.3 is 0 Å². The number of carbonyl (C=O) groups excluding carboxylic acids is 2. The molecule has 0 saturated heterocycles. The highest BCUT2D eigenvalue weighted by Crippen LogP contribution is 2.22. The molecule has 3 aromatic carbocycles. The molecule has 0 radical (unpaired) electrons. The van der Waals surface area contributed by atoms with E-state index in [-0.39, 0.29) is 18.2 Å². The minimum atomic E-state index is -0.712. The Hall–Kier alpha value is -3.57. The van der Waals surface area contributed by atoms with Crippen molar-refractivity contribution in [1.29, 1.82) is 0 Å². The zero-order valence-corrected chi connectivity index (χ0v) is 20.1. The van der Waals surface area contributed by atoms with Crippen LogP contribution in [0, 0.1) is 13.8 Å². The van der Waals surface area contributed by atoms with Gasteiger partial charge in [0.1, 0.15) is 6.04 Å². The molecule has 3 N–H and O–H groups in total. The first-order valence-corrected chi connectivity index (χ1v) is 11.7. The Morgan fingerprint density at radius 2 is 1.65 bits per heavy atom. The lowest BCUT2D eigenvalue weighted by molar-refractivity contribution is -0.126. The minimum Gasteiger partial charge on any atom is -0.361 e. The van der Waals surface area contributed by atoms with Crippen LogP contribution in [-0.4, -0.2) is 22.8 Å². The van der Waals surface area contributed by atoms with Crippen molar-refractivity contribution in [3.63, 3.8) is 0 Å². The van der Waals surface area contributed by atoms with Gasteiger partial charge in [0.25, 0.3) is 0 Å². The van der Waals surface area contributed by atoms with Crippen LogP contribution in [0.3, 0.4) is 0 Å². The number of nitrogens with one attached hydrogen (secondary N) is 3. The second kappa shape index (κ2) is 10.6. The van der Waals surface area contributed by atoms with Crippen molar-refractivity contribution in [1.82, 2.24) is 10.3 Å². The molecule has 1 unspecified atom stereocenters. The number of amides is 2. The van der Waals surface area contributed by atoms with Crippen LogP contribution in [-0.2, 0) is 22.4 Å². The minimum absolute atomic E-state index is 0.170. The molecule has 0 aliphatic carbocycles. The summed E-state index contributed by atoms with van der Waals surface area (Å²) in [5.41, 5.74) is 5.75. The molecule has 0 bridgehead atoms. The number of H-pyrrole nitrogens is 1. The number of carbonyl (C=O) groups is 2. The van der Waals surface area contributed by atoms with Crippen LogP contribution in [0.5, 0.6) is 0 Å². The maximum atomic E-state index is 13.4. The van der Waals surface area contributed by atoms with Crippen LogP contribution in [0.25, 0.3) is 10.9 Å². The molecule has 34 heavy (non-hydrogen) atoms. The van der Waals surface area contributed by atoms with Crippen LogP contribution in [0.4, 0.5) is 5.69 Å². The summed E-state index contributed by atoms with van der Waals surface area (Å²) in [5, 5.41) is 7.72. The van der Waals surface area contributed by atoms with Crippen molar-refractivity contribution in [3.8, 4) is 0 Å². The molecule has 6 heteroatoms. The van der Waals surface area contributed by atoms with E-state index in [2.05, 4.69) is 15.6 Å². The Morgan fingerprint density at radius 1 is 0.941 bits per heavy atom. The van der Waals surface area contributed by atoms with Crippen LogP contribution in [0.15, 0.2) is 72.9 Å². The van der Waals surface area contributed by atoms with Gasteiger partial charge in [-0.05, 0) is 60.7 Å². The highest BCUT2D eigenvalue weighted by molar-refractivity contribution is 6.30. The average molecular weight is 474 g/mol. The predicted molar refractivity (Wildman–Crippen MR) is 138 cm³/mol. The van der Waals surface area contributed by atoms with Gasteiger partial charge in [-0.1, -0.05) is 60.1 Å². The Kier molecular flexibility index (Phi) is 7.33. The van der Waals surface area contributed by atoms with Crippen LogP contribution in [0.1, 0.15) is 28.7 Å². The summed E-state index contributed by atoms with van der Waals surface area (Å²) in [6.45, 7) is 3.92. The lowest BCUT2D eigenvalue weighted by Crippen LogP contribution is -2.45. The number of benzene rings is 3. The van der Waals surface area contributed by atoms with Crippen molar-refractivity contribution in [2.24, 2.45) is 0 Å². The zero-order chi connectivity index (χ0) is 24.1. The summed E-state index contributed by atoms with van der Waals surface area (Å²) in [4.78, 5) is 29.5. The van der Waals surface area contributed by atoms with E-state index >= 15 is 0 Å². The van der Waals surface area contributed by atoms with E-state index in [0.717, 1.165) is 38.8 Å². The Morgan fingerprint density at radius 3 is 2.38 bits per heavy atom. The first-order chi connectivity index (χ1) is 16.4. The Balaban J connectivity index is 1.52. The van der Waals surface area contributed by atoms with Gasteiger partial charge in [0.2, 0.25) is 11.8 Å². The second-order valence-corrected chi connectivity index (χ2v) is 9.00. The summed E-state index contributed by atoms with van der Waals surface area (Å²) in [6, 6.07) is 20.6. The molecule has 1 atom stereocenters. The molecule has 0 fully saturated rings. The van der Waals surface area contributed by atoms with Gasteiger partial charge in [-0.15, -0.1) is 0 Å². The standard InChI is InChI=1S/C28H28ClN3O2/c1-18-6-5-7-19(2)27(18)32-28(34)25(16-21-17-30-24-9-4-3-8-23(21)24)31-26(33)15-12-20-10-13-22(29)14-11-20/h3-11,13-14,17,25,30H,12,15-16H2,1-2H3,(H,31,33)(H,32,34). The molecule has 4 rings (SSSR count). The van der Waals surface area contributed by atoms with E-state index in [9.17, 15) is 9.59 Å². The summed E-state index contributed by atoms with van der Waals surface area (Å²) in [6.07, 6.45) is 3.14. The van der Waals surface area contributed by atoms with Gasteiger partial charge < -0.3 is 15.6 Å².